The summed E-state index contributed by atoms with van der Waals surface area (Å²) in [7, 11) is 0. The molecule has 3 N–H and O–H groups in total. The predicted molar refractivity (Wildman–Crippen MR) is 41.9 cm³/mol. The molecule has 0 aromatic heterocycles. The van der Waals surface area contributed by atoms with E-state index in [2.05, 4.69) is 0 Å². The zero-order valence-corrected chi connectivity index (χ0v) is 18.7. The van der Waals surface area contributed by atoms with Crippen molar-refractivity contribution in [2.24, 2.45) is 0 Å². The fraction of sp³-hybridized carbons (Fsp3) is 0. The molecule has 0 atom stereocenters. The molecule has 0 fully saturated rings. The average Bonchev–Trinajstić information content (AvgIpc) is 1.70. The Morgan fingerprint density at radius 1 is 0.833 bits per heavy atom. The first kappa shape index (κ1) is 36.0. The molecule has 12 heavy (non-hydrogen) atoms. The standard InChI is InChI=1S/3Al.Ba.Ce.Mg.3H2O.3O.4H/h;;;;;;3*1H2;;;;;;;/q3*+1;+2;;+2;;;;;;;4*-1/p-3. The van der Waals surface area contributed by atoms with Gasteiger partial charge in [0.1, 0.15) is 0 Å². The fourth-order valence-electron chi connectivity index (χ4n) is 0. The molecule has 0 aromatic rings. The first-order valence-corrected chi connectivity index (χ1v) is 4.45. The summed E-state index contributed by atoms with van der Waals surface area (Å²) in [5.74, 6) is 0. The van der Waals surface area contributed by atoms with E-state index in [1.54, 1.807) is 0 Å². The maximum absolute atomic E-state index is 8.57. The zero-order chi connectivity index (χ0) is 8.12. The normalized spacial score (nSPS) is 2.00. The third-order valence-electron chi connectivity index (χ3n) is 0. The number of rotatable bonds is 0. The summed E-state index contributed by atoms with van der Waals surface area (Å²) >= 11 is -4.50. The molecule has 60 valence electrons. The molecule has 0 saturated carbocycles. The van der Waals surface area contributed by atoms with Gasteiger partial charge in [0.05, 0.1) is 0 Å². The van der Waals surface area contributed by atoms with Crippen molar-refractivity contribution in [2.45, 2.75) is 0 Å². The number of hydrogen-bond donors (Lipinski definition) is 3. The van der Waals surface area contributed by atoms with E-state index in [4.69, 9.17) is 23.9 Å². The molecular weight excluding hydrogens is 479 g/mol. The van der Waals surface area contributed by atoms with Crippen molar-refractivity contribution in [1.82, 2.24) is 0 Å². The van der Waals surface area contributed by atoms with Gasteiger partial charge in [0.15, 0.2) is 0 Å². The molecule has 0 radical (unpaired) electrons. The molecule has 0 aliphatic heterocycles. The molecule has 0 unspecified atom stereocenters. The van der Waals surface area contributed by atoms with Gasteiger partial charge in [-0.25, -0.2) is 0 Å². The van der Waals surface area contributed by atoms with Crippen LogP contribution in [0.15, 0.2) is 0 Å². The van der Waals surface area contributed by atoms with Crippen molar-refractivity contribution >= 4 is 118 Å². The van der Waals surface area contributed by atoms with Crippen LogP contribution in [0.3, 0.4) is 0 Å². The number of hydrogen-bond acceptors (Lipinski definition) is 3. The first-order valence-electron chi connectivity index (χ1n) is 1.48. The minimum absolute atomic E-state index is 0. The molecule has 0 bridgehead atoms. The molecule has 0 spiro atoms. The van der Waals surface area contributed by atoms with E-state index in [0.717, 1.165) is 0 Å². The van der Waals surface area contributed by atoms with Crippen molar-refractivity contribution in [1.29, 1.82) is 0 Å². The Bertz CT molecular complexity index is 72.5. The third-order valence-corrected chi connectivity index (χ3v) is 0. The topological polar surface area (TPSA) is 112 Å². The van der Waals surface area contributed by atoms with E-state index in [1.807, 2.05) is 0 Å². The van der Waals surface area contributed by atoms with Crippen LogP contribution in [0.1, 0.15) is 5.71 Å². The van der Waals surface area contributed by atoms with Crippen LogP contribution >= 0.6 is 0 Å². The van der Waals surface area contributed by atoms with Crippen LogP contribution in [-0.2, 0) is 11.4 Å². The molecule has 0 aliphatic carbocycles. The summed E-state index contributed by atoms with van der Waals surface area (Å²) in [6.07, 6.45) is 0. The Hall–Kier alpha value is 4.11. The molecule has 0 saturated heterocycles. The molecule has 6 nitrogen and oxygen atoms in total. The van der Waals surface area contributed by atoms with Gasteiger partial charge in [-0.3, -0.25) is 0 Å². The Balaban J connectivity index is -0.00000000346. The Kier molecular flexibility index (Phi) is 178. The maximum atomic E-state index is 8.57. The Morgan fingerprint density at radius 3 is 0.833 bits per heavy atom. The van der Waals surface area contributed by atoms with Gasteiger partial charge < -0.3 is 5.71 Å². The van der Waals surface area contributed by atoms with Crippen molar-refractivity contribution in [3.63, 3.8) is 0 Å². The van der Waals surface area contributed by atoms with Gasteiger partial charge in [-0.05, 0) is 0 Å². The van der Waals surface area contributed by atoms with Gasteiger partial charge in [-0.2, -0.15) is 0 Å². The molecule has 0 aliphatic rings. The average molecular weight is 486 g/mol. The minimum atomic E-state index is -1.50. The van der Waals surface area contributed by atoms with E-state index >= 15 is 0 Å². The van der Waals surface area contributed by atoms with E-state index in [9.17, 15) is 0 Å². The molecule has 0 aromatic carbocycles. The van der Waals surface area contributed by atoms with Crippen LogP contribution in [-0.4, -0.2) is 131 Å². The quantitative estimate of drug-likeness (QED) is 0.307. The van der Waals surface area contributed by atoms with Gasteiger partial charge >= 0.3 is 142 Å². The Labute approximate surface area is 185 Å². The van der Waals surface area contributed by atoms with Crippen LogP contribution in [0.2, 0.25) is 0 Å². The monoisotopic (exact) mass is 486 g/mol. The van der Waals surface area contributed by atoms with Gasteiger partial charge in [0.25, 0.3) is 0 Å². The van der Waals surface area contributed by atoms with Crippen LogP contribution in [0.4, 0.5) is 0 Å². The van der Waals surface area contributed by atoms with Gasteiger partial charge in [0.2, 0.25) is 0 Å². The first-order chi connectivity index (χ1) is 4.24. The molecular formula is H7Al3BaCeMgO6. The third kappa shape index (κ3) is 144. The SMILES string of the molecule is [Ba+2].[Ce].[H-].[H-].[H-].[H-].[Mg+2].[O]=[Al][OH].[O]=[Al][OH].[O]=[Al][OH]. The summed E-state index contributed by atoms with van der Waals surface area (Å²) in [4.78, 5) is 0. The van der Waals surface area contributed by atoms with Crippen molar-refractivity contribution in [3.05, 3.63) is 0 Å². The summed E-state index contributed by atoms with van der Waals surface area (Å²) in [6, 6.07) is 0. The summed E-state index contributed by atoms with van der Waals surface area (Å²) in [5, 5.41) is 0. The summed E-state index contributed by atoms with van der Waals surface area (Å²) in [5.41, 5.74) is 0. The van der Waals surface area contributed by atoms with E-state index in [1.165, 1.54) is 0 Å². The molecule has 0 rings (SSSR count). The van der Waals surface area contributed by atoms with Crippen molar-refractivity contribution < 1.29 is 71.3 Å². The zero-order valence-electron chi connectivity index (χ0n) is 10.2. The van der Waals surface area contributed by atoms with Gasteiger partial charge in [-0.15, -0.1) is 0 Å². The van der Waals surface area contributed by atoms with E-state index in [0.29, 0.717) is 0 Å². The predicted octanol–water partition coefficient (Wildman–Crippen LogP) is -3.48. The summed E-state index contributed by atoms with van der Waals surface area (Å²) < 4.78 is 47.0. The van der Waals surface area contributed by atoms with Crippen LogP contribution < -0.4 is 0 Å². The second-order valence-corrected chi connectivity index (χ2v) is 0.949. The molecule has 0 amide bonds. The van der Waals surface area contributed by atoms with Crippen LogP contribution in [0, 0.1) is 41.7 Å². The van der Waals surface area contributed by atoms with Gasteiger partial charge in [-0.1, -0.05) is 0 Å². The Morgan fingerprint density at radius 2 is 0.833 bits per heavy atom. The molecule has 0 heterocycles. The van der Waals surface area contributed by atoms with Crippen LogP contribution in [0.5, 0.6) is 0 Å². The fourth-order valence-corrected chi connectivity index (χ4v) is 0. The van der Waals surface area contributed by atoms with Gasteiger partial charge in [0, 0.05) is 41.7 Å². The van der Waals surface area contributed by atoms with Crippen molar-refractivity contribution in [3.8, 4) is 0 Å². The van der Waals surface area contributed by atoms with E-state index < -0.39 is 46.5 Å². The summed E-state index contributed by atoms with van der Waals surface area (Å²) in [6.45, 7) is 0. The van der Waals surface area contributed by atoms with E-state index in [-0.39, 0.29) is 119 Å². The second-order valence-electron chi connectivity index (χ2n) is 0.316. The van der Waals surface area contributed by atoms with Crippen molar-refractivity contribution in [2.75, 3.05) is 0 Å². The molecule has 12 heteroatoms. The second kappa shape index (κ2) is 59.5. The van der Waals surface area contributed by atoms with Crippen LogP contribution in [0.25, 0.3) is 0 Å².